The summed E-state index contributed by atoms with van der Waals surface area (Å²) in [6.45, 7) is 0. The van der Waals surface area contributed by atoms with Crippen LogP contribution in [0.5, 0.6) is 0 Å². The third kappa shape index (κ3) is 4.50. The summed E-state index contributed by atoms with van der Waals surface area (Å²) < 4.78 is 17.6. The zero-order valence-corrected chi connectivity index (χ0v) is 12.3. The molecule has 0 radical (unpaired) electrons. The first kappa shape index (κ1) is 16.4. The summed E-state index contributed by atoms with van der Waals surface area (Å²) in [4.78, 5) is 37.2. The molecule has 1 aromatic carbocycles. The van der Waals surface area contributed by atoms with Crippen LogP contribution < -0.4 is 10.9 Å². The molecule has 23 heavy (non-hydrogen) atoms. The average molecular weight is 318 g/mol. The lowest BCUT2D eigenvalue weighted by molar-refractivity contribution is -0.141. The van der Waals surface area contributed by atoms with Crippen molar-refractivity contribution in [3.8, 4) is 0 Å². The predicted molar refractivity (Wildman–Crippen MR) is 80.3 cm³/mol. The van der Waals surface area contributed by atoms with Crippen molar-refractivity contribution in [2.45, 2.75) is 12.5 Å². The second kappa shape index (κ2) is 7.35. The molecule has 0 aliphatic carbocycles. The Morgan fingerprint density at radius 1 is 1.22 bits per heavy atom. The van der Waals surface area contributed by atoms with Gasteiger partial charge in [0.1, 0.15) is 5.82 Å². The molecule has 1 heterocycles. The number of carbonyl (C=O) groups is 2. The highest BCUT2D eigenvalue weighted by Gasteiger charge is 2.20. The third-order valence-corrected chi connectivity index (χ3v) is 3.22. The molecule has 0 bridgehead atoms. The van der Waals surface area contributed by atoms with Crippen LogP contribution in [0.1, 0.15) is 28.4 Å². The zero-order chi connectivity index (χ0) is 16.8. The predicted octanol–water partition coefficient (Wildman–Crippen LogP) is 1.55. The van der Waals surface area contributed by atoms with Gasteiger partial charge in [-0.3, -0.25) is 14.4 Å². The van der Waals surface area contributed by atoms with Crippen LogP contribution in [0.3, 0.4) is 0 Å². The first-order valence-corrected chi connectivity index (χ1v) is 6.81. The van der Waals surface area contributed by atoms with Crippen LogP contribution >= 0.6 is 0 Å². The van der Waals surface area contributed by atoms with Gasteiger partial charge in [-0.25, -0.2) is 4.39 Å². The van der Waals surface area contributed by atoms with Gasteiger partial charge in [0.15, 0.2) is 0 Å². The first-order valence-electron chi connectivity index (χ1n) is 6.81. The van der Waals surface area contributed by atoms with Crippen LogP contribution in [0.15, 0.2) is 47.4 Å². The van der Waals surface area contributed by atoms with Crippen molar-refractivity contribution in [1.29, 1.82) is 0 Å². The molecule has 1 amide bonds. The molecule has 7 heteroatoms. The van der Waals surface area contributed by atoms with Crippen molar-refractivity contribution in [2.24, 2.45) is 0 Å². The summed E-state index contributed by atoms with van der Waals surface area (Å²) in [5, 5.41) is 2.67. The molecule has 0 aliphatic heterocycles. The van der Waals surface area contributed by atoms with Crippen LogP contribution in [0.4, 0.5) is 4.39 Å². The Hall–Kier alpha value is -2.96. The van der Waals surface area contributed by atoms with Crippen molar-refractivity contribution < 1.29 is 18.7 Å². The number of carbonyl (C=O) groups excluding carboxylic acids is 2. The van der Waals surface area contributed by atoms with Gasteiger partial charge in [-0.05, 0) is 23.8 Å². The number of aromatic amines is 1. The molecular weight excluding hydrogens is 303 g/mol. The van der Waals surface area contributed by atoms with E-state index in [0.717, 1.165) is 0 Å². The van der Waals surface area contributed by atoms with Crippen molar-refractivity contribution in [1.82, 2.24) is 10.3 Å². The third-order valence-electron chi connectivity index (χ3n) is 3.22. The van der Waals surface area contributed by atoms with E-state index in [1.54, 1.807) is 0 Å². The number of pyridine rings is 1. The summed E-state index contributed by atoms with van der Waals surface area (Å²) in [7, 11) is 1.24. The molecule has 6 nitrogen and oxygen atoms in total. The Bertz CT molecular complexity index is 735. The van der Waals surface area contributed by atoms with E-state index < -0.39 is 23.7 Å². The minimum Gasteiger partial charge on any atom is -0.469 e. The van der Waals surface area contributed by atoms with Crippen LogP contribution in [-0.2, 0) is 9.53 Å². The van der Waals surface area contributed by atoms with Gasteiger partial charge in [-0.15, -0.1) is 0 Å². The normalized spacial score (nSPS) is 11.6. The molecule has 1 aromatic heterocycles. The number of hydrogen-bond donors (Lipinski definition) is 2. The lowest BCUT2D eigenvalue weighted by atomic mass is 10.0. The Labute approximate surface area is 131 Å². The molecule has 1 unspecified atom stereocenters. The quantitative estimate of drug-likeness (QED) is 0.819. The number of halogens is 1. The Morgan fingerprint density at radius 2 is 1.91 bits per heavy atom. The van der Waals surface area contributed by atoms with E-state index in [1.807, 2.05) is 0 Å². The van der Waals surface area contributed by atoms with E-state index in [9.17, 15) is 18.8 Å². The molecule has 2 N–H and O–H groups in total. The topological polar surface area (TPSA) is 88.3 Å². The minimum atomic E-state index is -0.678. The molecule has 2 rings (SSSR count). The number of rotatable bonds is 5. The maximum Gasteiger partial charge on any atom is 0.307 e. The van der Waals surface area contributed by atoms with Gasteiger partial charge < -0.3 is 15.0 Å². The number of hydrogen-bond acceptors (Lipinski definition) is 4. The summed E-state index contributed by atoms with van der Waals surface area (Å²) in [5.74, 6) is -1.40. The number of methoxy groups -OCH3 is 1. The molecule has 0 aliphatic rings. The fraction of sp³-hybridized carbons (Fsp3) is 0.188. The highest BCUT2D eigenvalue weighted by molar-refractivity contribution is 5.94. The number of esters is 1. The van der Waals surface area contributed by atoms with Gasteiger partial charge in [-0.1, -0.05) is 12.1 Å². The van der Waals surface area contributed by atoms with Crippen LogP contribution in [0.2, 0.25) is 0 Å². The van der Waals surface area contributed by atoms with E-state index >= 15 is 0 Å². The largest absolute Gasteiger partial charge is 0.469 e. The highest BCUT2D eigenvalue weighted by Crippen LogP contribution is 2.18. The van der Waals surface area contributed by atoms with E-state index in [-0.39, 0.29) is 17.5 Å². The van der Waals surface area contributed by atoms with Gasteiger partial charge in [0, 0.05) is 12.3 Å². The second-order valence-electron chi connectivity index (χ2n) is 4.80. The van der Waals surface area contributed by atoms with Crippen LogP contribution in [-0.4, -0.2) is 24.0 Å². The number of ether oxygens (including phenoxy) is 1. The Balaban J connectivity index is 2.21. The summed E-state index contributed by atoms with van der Waals surface area (Å²) in [6, 6.07) is 7.36. The Kier molecular flexibility index (Phi) is 5.24. The SMILES string of the molecule is COC(=O)CC(NC(=O)c1ccc(=O)[nH]c1)c1ccc(F)cc1. The second-order valence-corrected chi connectivity index (χ2v) is 4.80. The molecule has 0 saturated carbocycles. The van der Waals surface area contributed by atoms with Gasteiger partial charge in [-0.2, -0.15) is 0 Å². The van der Waals surface area contributed by atoms with Crippen molar-refractivity contribution in [2.75, 3.05) is 7.11 Å². The average Bonchev–Trinajstić information content (AvgIpc) is 2.55. The van der Waals surface area contributed by atoms with Crippen LogP contribution in [0, 0.1) is 5.82 Å². The number of aromatic nitrogens is 1. The molecule has 0 saturated heterocycles. The lowest BCUT2D eigenvalue weighted by Gasteiger charge is -2.18. The highest BCUT2D eigenvalue weighted by atomic mass is 19.1. The fourth-order valence-corrected chi connectivity index (χ4v) is 1.99. The molecule has 1 atom stereocenters. The standard InChI is InChI=1S/C16H15FN2O4/c1-23-15(21)8-13(10-2-5-12(17)6-3-10)19-16(22)11-4-7-14(20)18-9-11/h2-7,9,13H,8H2,1H3,(H,18,20)(H,19,22). The van der Waals surface area contributed by atoms with Crippen molar-refractivity contribution in [3.05, 3.63) is 69.9 Å². The van der Waals surface area contributed by atoms with E-state index in [0.29, 0.717) is 5.56 Å². The lowest BCUT2D eigenvalue weighted by Crippen LogP contribution is -2.31. The number of amides is 1. The molecule has 0 fully saturated rings. The summed E-state index contributed by atoms with van der Waals surface area (Å²) >= 11 is 0. The van der Waals surface area contributed by atoms with E-state index in [2.05, 4.69) is 15.0 Å². The molecule has 120 valence electrons. The van der Waals surface area contributed by atoms with Gasteiger partial charge >= 0.3 is 5.97 Å². The van der Waals surface area contributed by atoms with Crippen molar-refractivity contribution in [3.63, 3.8) is 0 Å². The molecule has 0 spiro atoms. The summed E-state index contributed by atoms with van der Waals surface area (Å²) in [6.07, 6.45) is 1.18. The fourth-order valence-electron chi connectivity index (χ4n) is 1.99. The zero-order valence-electron chi connectivity index (χ0n) is 12.3. The number of benzene rings is 1. The minimum absolute atomic E-state index is 0.1000. The summed E-state index contributed by atoms with van der Waals surface area (Å²) in [5.41, 5.74) is 0.474. The number of H-pyrrole nitrogens is 1. The molecule has 2 aromatic rings. The number of nitrogens with one attached hydrogen (secondary N) is 2. The Morgan fingerprint density at radius 3 is 2.48 bits per heavy atom. The molecular formula is C16H15FN2O4. The monoisotopic (exact) mass is 318 g/mol. The van der Waals surface area contributed by atoms with Gasteiger partial charge in [0.2, 0.25) is 5.56 Å². The van der Waals surface area contributed by atoms with Gasteiger partial charge in [0.05, 0.1) is 25.1 Å². The van der Waals surface area contributed by atoms with Gasteiger partial charge in [0.25, 0.3) is 5.91 Å². The smallest absolute Gasteiger partial charge is 0.307 e. The van der Waals surface area contributed by atoms with Crippen molar-refractivity contribution >= 4 is 11.9 Å². The maximum atomic E-state index is 13.0. The van der Waals surface area contributed by atoms with E-state index in [4.69, 9.17) is 0 Å². The maximum absolute atomic E-state index is 13.0. The van der Waals surface area contributed by atoms with Crippen LogP contribution in [0.25, 0.3) is 0 Å². The van der Waals surface area contributed by atoms with E-state index in [1.165, 1.54) is 49.7 Å². The first-order chi connectivity index (χ1) is 11.0.